The highest BCUT2D eigenvalue weighted by Gasteiger charge is 2.49. The van der Waals surface area contributed by atoms with Crippen molar-refractivity contribution in [1.82, 2.24) is 15.1 Å². The quantitative estimate of drug-likeness (QED) is 0.810. The predicted octanol–water partition coefficient (Wildman–Crippen LogP) is 3.40. The van der Waals surface area contributed by atoms with Gasteiger partial charge in [0.05, 0.1) is 0 Å². The van der Waals surface area contributed by atoms with Gasteiger partial charge in [-0.05, 0) is 42.2 Å². The minimum atomic E-state index is -1.18. The first-order valence-electron chi connectivity index (χ1n) is 10.3. The monoisotopic (exact) mass is 393 g/mol. The van der Waals surface area contributed by atoms with E-state index >= 15 is 0 Å². The average molecular weight is 393 g/mol. The molecule has 6 heteroatoms. The van der Waals surface area contributed by atoms with Gasteiger partial charge >= 0.3 is 6.03 Å². The van der Waals surface area contributed by atoms with Crippen molar-refractivity contribution >= 4 is 28.6 Å². The van der Waals surface area contributed by atoms with E-state index in [4.69, 9.17) is 0 Å². The Morgan fingerprint density at radius 3 is 2.52 bits per heavy atom. The van der Waals surface area contributed by atoms with Crippen LogP contribution in [0.1, 0.15) is 44.6 Å². The van der Waals surface area contributed by atoms with Gasteiger partial charge in [-0.1, -0.05) is 55.7 Å². The number of benzene rings is 2. The fourth-order valence-electron chi connectivity index (χ4n) is 4.46. The van der Waals surface area contributed by atoms with Gasteiger partial charge in [0.15, 0.2) is 0 Å². The number of imide groups is 1. The van der Waals surface area contributed by atoms with Crippen LogP contribution in [0, 0.1) is 0 Å². The molecule has 1 unspecified atom stereocenters. The highest BCUT2D eigenvalue weighted by Crippen LogP contribution is 2.31. The van der Waals surface area contributed by atoms with Gasteiger partial charge in [-0.2, -0.15) is 0 Å². The van der Waals surface area contributed by atoms with Gasteiger partial charge in [0.25, 0.3) is 5.91 Å². The second kappa shape index (κ2) is 7.50. The molecule has 152 valence electrons. The molecule has 1 aliphatic carbocycles. The second-order valence-electron chi connectivity index (χ2n) is 8.30. The van der Waals surface area contributed by atoms with Crippen molar-refractivity contribution < 1.29 is 14.4 Å². The zero-order valence-corrected chi connectivity index (χ0v) is 17.0. The number of carbonyl (C=O) groups is 3. The third-order valence-electron chi connectivity index (χ3n) is 6.41. The molecule has 1 N–H and O–H groups in total. The summed E-state index contributed by atoms with van der Waals surface area (Å²) in [6, 6.07) is 13.3. The van der Waals surface area contributed by atoms with Crippen molar-refractivity contribution in [2.45, 2.75) is 50.6 Å². The van der Waals surface area contributed by atoms with Crippen LogP contribution in [0.5, 0.6) is 0 Å². The van der Waals surface area contributed by atoms with E-state index < -0.39 is 11.6 Å². The third-order valence-corrected chi connectivity index (χ3v) is 6.41. The molecule has 2 aromatic rings. The lowest BCUT2D eigenvalue weighted by molar-refractivity contribution is -0.139. The van der Waals surface area contributed by atoms with Crippen molar-refractivity contribution in [1.29, 1.82) is 0 Å². The molecule has 1 aliphatic heterocycles. The highest BCUT2D eigenvalue weighted by atomic mass is 16.2. The van der Waals surface area contributed by atoms with Crippen molar-refractivity contribution in [2.24, 2.45) is 0 Å². The van der Waals surface area contributed by atoms with Crippen LogP contribution in [0.2, 0.25) is 0 Å². The lowest BCUT2D eigenvalue weighted by Crippen LogP contribution is -2.46. The Balaban J connectivity index is 1.53. The summed E-state index contributed by atoms with van der Waals surface area (Å²) >= 11 is 0. The van der Waals surface area contributed by atoms with Crippen LogP contribution in [-0.2, 0) is 15.1 Å². The molecule has 1 saturated carbocycles. The van der Waals surface area contributed by atoms with E-state index in [-0.39, 0.29) is 24.4 Å². The Morgan fingerprint density at radius 1 is 1.10 bits per heavy atom. The van der Waals surface area contributed by atoms with E-state index in [1.165, 1.54) is 6.42 Å². The summed E-state index contributed by atoms with van der Waals surface area (Å²) in [7, 11) is 1.78. The molecule has 0 bridgehead atoms. The predicted molar refractivity (Wildman–Crippen MR) is 111 cm³/mol. The van der Waals surface area contributed by atoms with E-state index in [0.717, 1.165) is 41.4 Å². The number of hydrogen-bond acceptors (Lipinski definition) is 3. The number of carbonyl (C=O) groups excluding carboxylic acids is 3. The molecule has 0 radical (unpaired) electrons. The Morgan fingerprint density at radius 2 is 1.79 bits per heavy atom. The normalized spacial score (nSPS) is 22.8. The van der Waals surface area contributed by atoms with Crippen molar-refractivity contribution in [3.63, 3.8) is 0 Å². The van der Waals surface area contributed by atoms with Crippen LogP contribution in [0.3, 0.4) is 0 Å². The minimum absolute atomic E-state index is 0.192. The highest BCUT2D eigenvalue weighted by molar-refractivity contribution is 6.09. The summed E-state index contributed by atoms with van der Waals surface area (Å²) < 4.78 is 0. The van der Waals surface area contributed by atoms with Crippen LogP contribution >= 0.6 is 0 Å². The first kappa shape index (κ1) is 19.4. The van der Waals surface area contributed by atoms with Crippen molar-refractivity contribution in [2.75, 3.05) is 13.6 Å². The zero-order valence-electron chi connectivity index (χ0n) is 17.0. The number of urea groups is 1. The molecule has 2 fully saturated rings. The molecule has 1 atom stereocenters. The maximum atomic E-state index is 13.2. The Kier molecular flexibility index (Phi) is 5.03. The largest absolute Gasteiger partial charge is 0.341 e. The van der Waals surface area contributed by atoms with E-state index in [2.05, 4.69) is 5.32 Å². The topological polar surface area (TPSA) is 69.7 Å². The lowest BCUT2D eigenvalue weighted by Gasteiger charge is -2.32. The molecule has 0 spiro atoms. The van der Waals surface area contributed by atoms with Crippen LogP contribution < -0.4 is 5.32 Å². The molecule has 2 aliphatic rings. The standard InChI is InChI=1S/C23H27N3O3/c1-23(18-13-12-16-8-6-7-9-17(16)14-18)21(28)26(22(29)24-23)15-20(27)25(2)19-10-4-3-5-11-19/h6-9,12-14,19H,3-5,10-11,15H2,1-2H3,(H,24,29). The average Bonchev–Trinajstić information content (AvgIpc) is 2.97. The summed E-state index contributed by atoms with van der Waals surface area (Å²) in [5.74, 6) is -0.577. The fourth-order valence-corrected chi connectivity index (χ4v) is 4.46. The van der Waals surface area contributed by atoms with Gasteiger partial charge in [0.2, 0.25) is 5.91 Å². The molecule has 29 heavy (non-hydrogen) atoms. The number of nitrogens with one attached hydrogen (secondary N) is 1. The van der Waals surface area contributed by atoms with Gasteiger partial charge in [0.1, 0.15) is 12.1 Å². The van der Waals surface area contributed by atoms with Crippen LogP contribution in [0.15, 0.2) is 42.5 Å². The smallest absolute Gasteiger partial charge is 0.325 e. The number of rotatable bonds is 4. The fraction of sp³-hybridized carbons (Fsp3) is 0.435. The summed E-state index contributed by atoms with van der Waals surface area (Å²) in [5.41, 5.74) is -0.463. The van der Waals surface area contributed by atoms with Gasteiger partial charge in [-0.25, -0.2) is 4.79 Å². The van der Waals surface area contributed by atoms with Gasteiger partial charge in [-0.15, -0.1) is 0 Å². The number of hydrogen-bond donors (Lipinski definition) is 1. The zero-order chi connectivity index (χ0) is 20.6. The minimum Gasteiger partial charge on any atom is -0.341 e. The molecule has 0 aromatic heterocycles. The van der Waals surface area contributed by atoms with Gasteiger partial charge in [0, 0.05) is 13.1 Å². The SMILES string of the molecule is CN(C(=O)CN1C(=O)NC(C)(c2ccc3ccccc3c2)C1=O)C1CCCCC1. The lowest BCUT2D eigenvalue weighted by atomic mass is 9.90. The number of fused-ring (bicyclic) bond motifs is 1. The summed E-state index contributed by atoms with van der Waals surface area (Å²) in [6.07, 6.45) is 5.40. The summed E-state index contributed by atoms with van der Waals surface area (Å²) in [5, 5.41) is 4.87. The van der Waals surface area contributed by atoms with Gasteiger partial charge in [-0.3, -0.25) is 14.5 Å². The molecule has 6 nitrogen and oxygen atoms in total. The van der Waals surface area contributed by atoms with Crippen LogP contribution in [0.25, 0.3) is 10.8 Å². The molecular formula is C23H27N3O3. The number of likely N-dealkylation sites (N-methyl/N-ethyl adjacent to an activating group) is 1. The summed E-state index contributed by atoms with van der Waals surface area (Å²) in [6.45, 7) is 1.48. The maximum Gasteiger partial charge on any atom is 0.325 e. The molecule has 1 saturated heterocycles. The molecule has 4 rings (SSSR count). The molecule has 4 amide bonds. The molecular weight excluding hydrogens is 366 g/mol. The van der Waals surface area contributed by atoms with Crippen molar-refractivity contribution in [3.05, 3.63) is 48.0 Å². The van der Waals surface area contributed by atoms with E-state index in [0.29, 0.717) is 5.56 Å². The van der Waals surface area contributed by atoms with Gasteiger partial charge < -0.3 is 10.2 Å². The Hall–Kier alpha value is -2.89. The van der Waals surface area contributed by atoms with Crippen molar-refractivity contribution in [3.8, 4) is 0 Å². The maximum absolute atomic E-state index is 13.2. The second-order valence-corrected chi connectivity index (χ2v) is 8.30. The van der Waals surface area contributed by atoms with E-state index in [9.17, 15) is 14.4 Å². The third kappa shape index (κ3) is 3.48. The molecule has 1 heterocycles. The Bertz CT molecular complexity index is 967. The first-order valence-corrected chi connectivity index (χ1v) is 10.3. The summed E-state index contributed by atoms with van der Waals surface area (Å²) in [4.78, 5) is 41.3. The molecule has 2 aromatic carbocycles. The van der Waals surface area contributed by atoms with E-state index in [1.54, 1.807) is 18.9 Å². The Labute approximate surface area is 170 Å². The van der Waals surface area contributed by atoms with E-state index in [1.807, 2.05) is 42.5 Å². The number of nitrogens with zero attached hydrogens (tertiary/aromatic N) is 2. The van der Waals surface area contributed by atoms with Crippen LogP contribution in [0.4, 0.5) is 4.79 Å². The van der Waals surface area contributed by atoms with Crippen LogP contribution in [-0.4, -0.2) is 47.3 Å². The number of amides is 4. The first-order chi connectivity index (χ1) is 13.9.